The largest absolute Gasteiger partial charge is 0.493 e. The average Bonchev–Trinajstić information content (AvgIpc) is 2.79. The second-order valence-corrected chi connectivity index (χ2v) is 8.03. The second-order valence-electron chi connectivity index (χ2n) is 8.03. The van der Waals surface area contributed by atoms with Crippen molar-refractivity contribution in [1.29, 1.82) is 0 Å². The number of nitro benzene ring substituents is 1. The topological polar surface area (TPSA) is 110 Å². The summed E-state index contributed by atoms with van der Waals surface area (Å²) < 4.78 is 5.59. The molecule has 0 saturated heterocycles. The van der Waals surface area contributed by atoms with E-state index in [1.165, 1.54) is 24.6 Å². The third-order valence-electron chi connectivity index (χ3n) is 5.79. The van der Waals surface area contributed by atoms with Crippen molar-refractivity contribution >= 4 is 17.9 Å². The van der Waals surface area contributed by atoms with Crippen molar-refractivity contribution in [1.82, 2.24) is 4.90 Å². The molecule has 0 bridgehead atoms. The number of hydrogen-bond acceptors (Lipinski definition) is 6. The van der Waals surface area contributed by atoms with Gasteiger partial charge in [0.25, 0.3) is 5.69 Å². The first-order valence-electron chi connectivity index (χ1n) is 11.3. The van der Waals surface area contributed by atoms with Crippen molar-refractivity contribution in [2.45, 2.75) is 76.7 Å². The fraction of sp³-hybridized carbons (Fsp3) is 0.652. The van der Waals surface area contributed by atoms with E-state index in [2.05, 4.69) is 0 Å². The van der Waals surface area contributed by atoms with Gasteiger partial charge in [0, 0.05) is 31.7 Å². The number of unbranched alkanes of at least 4 members (excludes halogenated alkanes) is 3. The molecule has 1 amide bonds. The van der Waals surface area contributed by atoms with Gasteiger partial charge in [0.1, 0.15) is 11.3 Å². The van der Waals surface area contributed by atoms with Crippen LogP contribution in [0.25, 0.3) is 0 Å². The highest BCUT2D eigenvalue weighted by atomic mass is 16.6. The summed E-state index contributed by atoms with van der Waals surface area (Å²) in [5.74, 6) is 0.289. The molecule has 1 aliphatic carbocycles. The maximum absolute atomic E-state index is 12.9. The van der Waals surface area contributed by atoms with E-state index in [4.69, 9.17) is 9.84 Å². The standard InChI is InChI=1S/C23H34N2O6/c26-16-7-2-1-6-15-24(19-10-4-3-5-11-19)23(28)14-9-17-31-22-13-8-12-21(25(29)30)20(22)18-27/h8,12-13,18-19,26H,1-7,9-11,14-17H2. The molecule has 1 aliphatic rings. The van der Waals surface area contributed by atoms with Crippen LogP contribution in [0.15, 0.2) is 18.2 Å². The Labute approximate surface area is 183 Å². The number of nitrogens with zero attached hydrogens (tertiary/aromatic N) is 2. The van der Waals surface area contributed by atoms with Crippen LogP contribution >= 0.6 is 0 Å². The van der Waals surface area contributed by atoms with Crippen molar-refractivity contribution in [3.63, 3.8) is 0 Å². The SMILES string of the molecule is O=Cc1c(OCCCC(=O)N(CCCCCCO)C2CCCCC2)cccc1[N+](=O)[O-]. The summed E-state index contributed by atoms with van der Waals surface area (Å²) in [6.07, 6.45) is 10.6. The third kappa shape index (κ3) is 7.94. The van der Waals surface area contributed by atoms with Crippen LogP contribution in [0, 0.1) is 10.1 Å². The van der Waals surface area contributed by atoms with Gasteiger partial charge in [-0.3, -0.25) is 19.7 Å². The van der Waals surface area contributed by atoms with Gasteiger partial charge >= 0.3 is 0 Å². The van der Waals surface area contributed by atoms with Crippen LogP contribution < -0.4 is 4.74 Å². The van der Waals surface area contributed by atoms with Crippen molar-refractivity contribution in [2.75, 3.05) is 19.8 Å². The number of nitro groups is 1. The Morgan fingerprint density at radius 2 is 1.90 bits per heavy atom. The van der Waals surface area contributed by atoms with Gasteiger partial charge in [0.05, 0.1) is 11.5 Å². The predicted octanol–water partition coefficient (Wildman–Crippen LogP) is 4.28. The number of rotatable bonds is 14. The highest BCUT2D eigenvalue weighted by Crippen LogP contribution is 2.27. The number of aldehydes is 1. The lowest BCUT2D eigenvalue weighted by atomic mass is 9.93. The summed E-state index contributed by atoms with van der Waals surface area (Å²) in [6, 6.07) is 4.58. The van der Waals surface area contributed by atoms with Crippen molar-refractivity contribution < 1.29 is 24.4 Å². The lowest BCUT2D eigenvalue weighted by molar-refractivity contribution is -0.385. The van der Waals surface area contributed by atoms with E-state index >= 15 is 0 Å². The number of aliphatic hydroxyl groups is 1. The molecule has 172 valence electrons. The number of hydrogen-bond donors (Lipinski definition) is 1. The van der Waals surface area contributed by atoms with Crippen molar-refractivity contribution in [3.05, 3.63) is 33.9 Å². The van der Waals surface area contributed by atoms with E-state index in [0.29, 0.717) is 25.2 Å². The first-order valence-corrected chi connectivity index (χ1v) is 11.3. The summed E-state index contributed by atoms with van der Waals surface area (Å²) in [7, 11) is 0. The molecule has 8 heteroatoms. The van der Waals surface area contributed by atoms with E-state index in [9.17, 15) is 19.7 Å². The van der Waals surface area contributed by atoms with Gasteiger partial charge in [-0.25, -0.2) is 0 Å². The molecule has 0 aliphatic heterocycles. The monoisotopic (exact) mass is 434 g/mol. The zero-order valence-corrected chi connectivity index (χ0v) is 18.2. The molecule has 0 heterocycles. The average molecular weight is 435 g/mol. The number of amides is 1. The molecule has 2 rings (SSSR count). The van der Waals surface area contributed by atoms with Gasteiger partial charge in [0.2, 0.25) is 5.91 Å². The predicted molar refractivity (Wildman–Crippen MR) is 117 cm³/mol. The van der Waals surface area contributed by atoms with Crippen LogP contribution in [-0.4, -0.2) is 52.9 Å². The second kappa shape index (κ2) is 13.7. The minimum atomic E-state index is -0.608. The van der Waals surface area contributed by atoms with E-state index in [0.717, 1.165) is 57.9 Å². The Balaban J connectivity index is 1.86. The number of ether oxygens (including phenoxy) is 1. The Hall–Kier alpha value is -2.48. The van der Waals surface area contributed by atoms with Gasteiger partial charge in [0.15, 0.2) is 6.29 Å². The molecule has 1 aromatic rings. The van der Waals surface area contributed by atoms with E-state index in [1.54, 1.807) is 0 Å². The van der Waals surface area contributed by atoms with E-state index < -0.39 is 4.92 Å². The third-order valence-corrected chi connectivity index (χ3v) is 5.79. The molecule has 31 heavy (non-hydrogen) atoms. The lowest BCUT2D eigenvalue weighted by Gasteiger charge is -2.34. The number of carbonyl (C=O) groups excluding carboxylic acids is 2. The summed E-state index contributed by atoms with van der Waals surface area (Å²) in [5, 5.41) is 20.0. The first kappa shape index (κ1) is 24.8. The molecule has 0 atom stereocenters. The van der Waals surface area contributed by atoms with Gasteiger partial charge in [-0.2, -0.15) is 0 Å². The smallest absolute Gasteiger partial charge is 0.283 e. The van der Waals surface area contributed by atoms with Gasteiger partial charge < -0.3 is 14.7 Å². The Bertz CT molecular complexity index is 718. The molecule has 8 nitrogen and oxygen atoms in total. The molecular weight excluding hydrogens is 400 g/mol. The quantitative estimate of drug-likeness (QED) is 0.202. The fourth-order valence-electron chi connectivity index (χ4n) is 4.14. The van der Waals surface area contributed by atoms with Gasteiger partial charge in [-0.05, 0) is 38.2 Å². The Morgan fingerprint density at radius 1 is 1.16 bits per heavy atom. The van der Waals surface area contributed by atoms with Crippen LogP contribution in [0.2, 0.25) is 0 Å². The normalized spacial score (nSPS) is 14.2. The minimum Gasteiger partial charge on any atom is -0.493 e. The molecule has 1 saturated carbocycles. The highest BCUT2D eigenvalue weighted by Gasteiger charge is 2.25. The summed E-state index contributed by atoms with van der Waals surface area (Å²) in [6.45, 7) is 1.17. The van der Waals surface area contributed by atoms with Crippen LogP contribution in [0.4, 0.5) is 5.69 Å². The van der Waals surface area contributed by atoms with Crippen LogP contribution in [-0.2, 0) is 4.79 Å². The molecule has 1 N–H and O–H groups in total. The van der Waals surface area contributed by atoms with Crippen LogP contribution in [0.5, 0.6) is 5.75 Å². The maximum Gasteiger partial charge on any atom is 0.283 e. The van der Waals surface area contributed by atoms with E-state index in [1.807, 2.05) is 4.90 Å². The van der Waals surface area contributed by atoms with Crippen molar-refractivity contribution in [3.8, 4) is 5.75 Å². The Kier molecular flexibility index (Phi) is 11.0. The fourth-order valence-corrected chi connectivity index (χ4v) is 4.14. The molecule has 1 aromatic carbocycles. The molecule has 0 radical (unpaired) electrons. The van der Waals surface area contributed by atoms with E-state index in [-0.39, 0.29) is 36.1 Å². The van der Waals surface area contributed by atoms with Gasteiger partial charge in [-0.1, -0.05) is 38.2 Å². The number of carbonyl (C=O) groups is 2. The Morgan fingerprint density at radius 3 is 2.58 bits per heavy atom. The molecule has 1 fully saturated rings. The summed E-state index contributed by atoms with van der Waals surface area (Å²) in [5.41, 5.74) is -0.362. The first-order chi connectivity index (χ1) is 15.1. The lowest BCUT2D eigenvalue weighted by Crippen LogP contribution is -2.42. The minimum absolute atomic E-state index is 0.0782. The number of aliphatic hydroxyl groups excluding tert-OH is 1. The highest BCUT2D eigenvalue weighted by molar-refractivity contribution is 5.85. The van der Waals surface area contributed by atoms with Crippen LogP contribution in [0.1, 0.15) is 81.0 Å². The summed E-state index contributed by atoms with van der Waals surface area (Å²) >= 11 is 0. The summed E-state index contributed by atoms with van der Waals surface area (Å²) in [4.78, 5) is 36.7. The molecular formula is C23H34N2O6. The zero-order chi connectivity index (χ0) is 22.5. The molecule has 0 aromatic heterocycles. The van der Waals surface area contributed by atoms with Crippen LogP contribution in [0.3, 0.4) is 0 Å². The van der Waals surface area contributed by atoms with Crippen molar-refractivity contribution in [2.24, 2.45) is 0 Å². The zero-order valence-electron chi connectivity index (χ0n) is 18.2. The number of benzene rings is 1. The molecule has 0 unspecified atom stereocenters. The maximum atomic E-state index is 12.9. The molecule has 0 spiro atoms. The van der Waals surface area contributed by atoms with Gasteiger partial charge in [-0.15, -0.1) is 0 Å².